The summed E-state index contributed by atoms with van der Waals surface area (Å²) in [4.78, 5) is -0.524. The van der Waals surface area contributed by atoms with E-state index in [0.29, 0.717) is 6.42 Å². The summed E-state index contributed by atoms with van der Waals surface area (Å²) in [7, 11) is -3.95. The third kappa shape index (κ3) is 4.70. The Morgan fingerprint density at radius 3 is 2.60 bits per heavy atom. The number of aliphatic hydroxyl groups is 1. The van der Waals surface area contributed by atoms with Gasteiger partial charge in [-0.15, -0.1) is 0 Å². The van der Waals surface area contributed by atoms with Crippen molar-refractivity contribution < 1.29 is 17.9 Å². The predicted octanol–water partition coefficient (Wildman–Crippen LogP) is 2.83. The maximum Gasteiger partial charge on any atom is 0.243 e. The first-order valence-corrected chi connectivity index (χ1v) is 8.37. The SMILES string of the molecule is CCCCCCNS(=O)(=O)c1cc(Cl)cc(CO)c1F. The number of sulfonamides is 1. The van der Waals surface area contributed by atoms with E-state index in [1.165, 1.54) is 6.07 Å². The van der Waals surface area contributed by atoms with Crippen LogP contribution in [0.3, 0.4) is 0 Å². The monoisotopic (exact) mass is 323 g/mol. The van der Waals surface area contributed by atoms with Gasteiger partial charge in [-0.2, -0.15) is 0 Å². The summed E-state index contributed by atoms with van der Waals surface area (Å²) in [5.74, 6) is -0.960. The van der Waals surface area contributed by atoms with Gasteiger partial charge in [-0.05, 0) is 18.6 Å². The van der Waals surface area contributed by atoms with Gasteiger partial charge >= 0.3 is 0 Å². The number of hydrogen-bond acceptors (Lipinski definition) is 3. The Morgan fingerprint density at radius 2 is 2.00 bits per heavy atom. The molecule has 0 saturated carbocycles. The molecule has 1 aromatic carbocycles. The van der Waals surface area contributed by atoms with Gasteiger partial charge in [-0.1, -0.05) is 37.8 Å². The first-order chi connectivity index (χ1) is 9.42. The first-order valence-electron chi connectivity index (χ1n) is 6.50. The molecule has 0 aromatic heterocycles. The number of aliphatic hydroxyl groups excluding tert-OH is 1. The van der Waals surface area contributed by atoms with E-state index in [-0.39, 0.29) is 17.1 Å². The Labute approximate surface area is 124 Å². The maximum atomic E-state index is 13.9. The fourth-order valence-electron chi connectivity index (χ4n) is 1.76. The number of rotatable bonds is 8. The van der Waals surface area contributed by atoms with Gasteiger partial charge in [-0.25, -0.2) is 17.5 Å². The van der Waals surface area contributed by atoms with Crippen LogP contribution in [0.25, 0.3) is 0 Å². The quantitative estimate of drug-likeness (QED) is 0.723. The summed E-state index contributed by atoms with van der Waals surface area (Å²) in [6, 6.07) is 2.25. The molecular weight excluding hydrogens is 305 g/mol. The Morgan fingerprint density at radius 1 is 1.30 bits per heavy atom. The molecule has 0 amide bonds. The summed E-state index contributed by atoms with van der Waals surface area (Å²) >= 11 is 5.74. The molecule has 0 atom stereocenters. The van der Waals surface area contributed by atoms with Crippen LogP contribution >= 0.6 is 11.6 Å². The molecule has 0 spiro atoms. The van der Waals surface area contributed by atoms with Gasteiger partial charge in [0.05, 0.1) is 6.61 Å². The third-order valence-electron chi connectivity index (χ3n) is 2.86. The van der Waals surface area contributed by atoms with Crippen molar-refractivity contribution in [2.24, 2.45) is 0 Å². The molecule has 4 nitrogen and oxygen atoms in total. The lowest BCUT2D eigenvalue weighted by Gasteiger charge is -2.10. The summed E-state index contributed by atoms with van der Waals surface area (Å²) in [6.45, 7) is 1.70. The van der Waals surface area contributed by atoms with E-state index in [4.69, 9.17) is 16.7 Å². The second-order valence-corrected chi connectivity index (χ2v) is 6.67. The van der Waals surface area contributed by atoms with E-state index >= 15 is 0 Å². The molecular formula is C13H19ClFNO3S. The van der Waals surface area contributed by atoms with Crippen LogP contribution in [-0.4, -0.2) is 20.1 Å². The van der Waals surface area contributed by atoms with Gasteiger partial charge in [0.15, 0.2) is 0 Å². The molecule has 1 rings (SSSR count). The van der Waals surface area contributed by atoms with Crippen molar-refractivity contribution >= 4 is 21.6 Å². The highest BCUT2D eigenvalue weighted by Crippen LogP contribution is 2.23. The standard InChI is InChI=1S/C13H19ClFNO3S/c1-2-3-4-5-6-16-20(18,19)12-8-11(14)7-10(9-17)13(12)15/h7-8,16-17H,2-6,9H2,1H3. The number of halogens is 2. The van der Waals surface area contributed by atoms with Crippen molar-refractivity contribution in [3.05, 3.63) is 28.5 Å². The minimum absolute atomic E-state index is 0.0711. The van der Waals surface area contributed by atoms with E-state index < -0.39 is 27.3 Å². The molecule has 0 radical (unpaired) electrons. The molecule has 7 heteroatoms. The minimum Gasteiger partial charge on any atom is -0.392 e. The van der Waals surface area contributed by atoms with Crippen LogP contribution in [0.2, 0.25) is 5.02 Å². The highest BCUT2D eigenvalue weighted by atomic mass is 35.5. The van der Waals surface area contributed by atoms with E-state index in [0.717, 1.165) is 25.3 Å². The highest BCUT2D eigenvalue weighted by Gasteiger charge is 2.21. The largest absolute Gasteiger partial charge is 0.392 e. The lowest BCUT2D eigenvalue weighted by Crippen LogP contribution is -2.26. The van der Waals surface area contributed by atoms with E-state index in [1.807, 2.05) is 0 Å². The molecule has 0 fully saturated rings. The van der Waals surface area contributed by atoms with Crippen molar-refractivity contribution in [3.63, 3.8) is 0 Å². The lowest BCUT2D eigenvalue weighted by molar-refractivity contribution is 0.274. The van der Waals surface area contributed by atoms with E-state index in [2.05, 4.69) is 11.6 Å². The third-order valence-corrected chi connectivity index (χ3v) is 4.54. The maximum absolute atomic E-state index is 13.9. The zero-order valence-corrected chi connectivity index (χ0v) is 12.9. The van der Waals surface area contributed by atoms with Crippen molar-refractivity contribution in [1.82, 2.24) is 4.72 Å². The highest BCUT2D eigenvalue weighted by molar-refractivity contribution is 7.89. The summed E-state index contributed by atoms with van der Waals surface area (Å²) in [5.41, 5.74) is -0.135. The van der Waals surface area contributed by atoms with E-state index in [9.17, 15) is 12.8 Å². The molecule has 0 aliphatic carbocycles. The molecule has 0 aliphatic heterocycles. The molecule has 114 valence electrons. The number of hydrogen-bond donors (Lipinski definition) is 2. The van der Waals surface area contributed by atoms with Gasteiger partial charge in [0.25, 0.3) is 0 Å². The lowest BCUT2D eigenvalue weighted by atomic mass is 10.2. The number of nitrogens with one attached hydrogen (secondary N) is 1. The van der Waals surface area contributed by atoms with Crippen molar-refractivity contribution in [1.29, 1.82) is 0 Å². The summed E-state index contributed by atoms with van der Waals surface area (Å²) in [5, 5.41) is 9.06. The fourth-order valence-corrected chi connectivity index (χ4v) is 3.29. The zero-order valence-electron chi connectivity index (χ0n) is 11.3. The van der Waals surface area contributed by atoms with Crippen LogP contribution in [0.15, 0.2) is 17.0 Å². The minimum atomic E-state index is -3.95. The summed E-state index contributed by atoms with van der Waals surface area (Å²) < 4.78 is 40.3. The number of benzene rings is 1. The van der Waals surface area contributed by atoms with Gasteiger partial charge in [0.2, 0.25) is 10.0 Å². The predicted molar refractivity (Wildman–Crippen MR) is 76.7 cm³/mol. The normalized spacial score (nSPS) is 11.8. The van der Waals surface area contributed by atoms with Crippen molar-refractivity contribution in [2.45, 2.75) is 44.1 Å². The average Bonchev–Trinajstić information content (AvgIpc) is 2.40. The summed E-state index contributed by atoms with van der Waals surface area (Å²) in [6.07, 6.45) is 3.69. The Hall–Kier alpha value is -0.690. The second-order valence-electron chi connectivity index (χ2n) is 4.49. The van der Waals surface area contributed by atoms with Gasteiger partial charge in [0.1, 0.15) is 10.7 Å². The molecule has 2 N–H and O–H groups in total. The second kappa shape index (κ2) is 7.93. The molecule has 0 bridgehead atoms. The van der Waals surface area contributed by atoms with Crippen molar-refractivity contribution in [2.75, 3.05) is 6.54 Å². The van der Waals surface area contributed by atoms with Crippen LogP contribution in [-0.2, 0) is 16.6 Å². The molecule has 0 unspecified atom stereocenters. The smallest absolute Gasteiger partial charge is 0.243 e. The average molecular weight is 324 g/mol. The van der Waals surface area contributed by atoms with Gasteiger partial charge in [0, 0.05) is 17.1 Å². The Bertz CT molecular complexity index is 549. The number of unbranched alkanes of at least 4 members (excludes halogenated alkanes) is 3. The Kier molecular flexibility index (Phi) is 6.88. The molecule has 0 saturated heterocycles. The van der Waals surface area contributed by atoms with Crippen LogP contribution in [0.4, 0.5) is 4.39 Å². The van der Waals surface area contributed by atoms with E-state index in [1.54, 1.807) is 0 Å². The van der Waals surface area contributed by atoms with Gasteiger partial charge in [-0.3, -0.25) is 0 Å². The van der Waals surface area contributed by atoms with Crippen molar-refractivity contribution in [3.8, 4) is 0 Å². The molecule has 1 aromatic rings. The van der Waals surface area contributed by atoms with Crippen LogP contribution < -0.4 is 4.72 Å². The molecule has 0 heterocycles. The Balaban J connectivity index is 2.84. The zero-order chi connectivity index (χ0) is 15.2. The van der Waals surface area contributed by atoms with Gasteiger partial charge < -0.3 is 5.11 Å². The molecule has 0 aliphatic rings. The first kappa shape index (κ1) is 17.4. The topological polar surface area (TPSA) is 66.4 Å². The van der Waals surface area contributed by atoms with Crippen LogP contribution in [0, 0.1) is 5.82 Å². The molecule has 20 heavy (non-hydrogen) atoms. The fraction of sp³-hybridized carbons (Fsp3) is 0.538. The van der Waals surface area contributed by atoms with Crippen LogP contribution in [0.5, 0.6) is 0 Å². The van der Waals surface area contributed by atoms with Crippen LogP contribution in [0.1, 0.15) is 38.2 Å².